The Morgan fingerprint density at radius 2 is 1.94 bits per heavy atom. The highest BCUT2D eigenvalue weighted by molar-refractivity contribution is 6.03. The molecule has 0 aliphatic carbocycles. The highest BCUT2D eigenvalue weighted by Gasteiger charge is 2.36. The Morgan fingerprint density at radius 3 is 2.68 bits per heavy atom. The van der Waals surface area contributed by atoms with Gasteiger partial charge in [0, 0.05) is 18.4 Å². The summed E-state index contributed by atoms with van der Waals surface area (Å²) in [5.41, 5.74) is 4.61. The molecule has 1 unspecified atom stereocenters. The van der Waals surface area contributed by atoms with Gasteiger partial charge in [-0.3, -0.25) is 4.79 Å². The molecular weight excluding hydrogens is 390 g/mol. The first-order valence-electron chi connectivity index (χ1n) is 10.7. The van der Waals surface area contributed by atoms with Crippen molar-refractivity contribution in [1.29, 1.82) is 0 Å². The summed E-state index contributed by atoms with van der Waals surface area (Å²) < 4.78 is 10.9. The molecule has 6 nitrogen and oxygen atoms in total. The summed E-state index contributed by atoms with van der Waals surface area (Å²) in [6.07, 6.45) is 3.28. The van der Waals surface area contributed by atoms with E-state index >= 15 is 0 Å². The van der Waals surface area contributed by atoms with E-state index in [9.17, 15) is 4.79 Å². The molecule has 6 heteroatoms. The second kappa shape index (κ2) is 8.40. The van der Waals surface area contributed by atoms with E-state index in [1.54, 1.807) is 18.4 Å². The summed E-state index contributed by atoms with van der Waals surface area (Å²) in [5.74, 6) is 1.59. The minimum atomic E-state index is -0.212. The molecule has 0 radical (unpaired) electrons. The molecule has 2 aromatic carbocycles. The number of benzene rings is 2. The second-order valence-corrected chi connectivity index (χ2v) is 8.12. The molecule has 158 valence electrons. The molecule has 0 bridgehead atoms. The van der Waals surface area contributed by atoms with Crippen LogP contribution < -0.4 is 9.64 Å². The van der Waals surface area contributed by atoms with Gasteiger partial charge in [0.2, 0.25) is 0 Å². The van der Waals surface area contributed by atoms with Crippen molar-refractivity contribution in [3.8, 4) is 5.75 Å². The number of fused-ring (bicyclic) bond motifs is 1. The Morgan fingerprint density at radius 1 is 1.13 bits per heavy atom. The Labute approximate surface area is 181 Å². The lowest BCUT2D eigenvalue weighted by Crippen LogP contribution is -3.12. The van der Waals surface area contributed by atoms with Crippen LogP contribution >= 0.6 is 0 Å². The van der Waals surface area contributed by atoms with Gasteiger partial charge >= 0.3 is 0 Å². The fraction of sp³-hybridized carbons (Fsp3) is 0.280. The Balaban J connectivity index is 1.36. The van der Waals surface area contributed by atoms with Gasteiger partial charge in [0.15, 0.2) is 6.54 Å². The number of furan rings is 1. The lowest BCUT2D eigenvalue weighted by Gasteiger charge is -2.27. The van der Waals surface area contributed by atoms with Gasteiger partial charge in [-0.25, -0.2) is 5.01 Å². The maximum atomic E-state index is 13.3. The summed E-state index contributed by atoms with van der Waals surface area (Å²) >= 11 is 0. The maximum absolute atomic E-state index is 13.3. The van der Waals surface area contributed by atoms with Gasteiger partial charge in [0.25, 0.3) is 5.91 Å². The van der Waals surface area contributed by atoms with E-state index in [4.69, 9.17) is 14.3 Å². The highest BCUT2D eigenvalue weighted by Crippen LogP contribution is 2.33. The summed E-state index contributed by atoms with van der Waals surface area (Å²) in [6.45, 7) is 2.25. The third-order valence-corrected chi connectivity index (χ3v) is 6.17. The fourth-order valence-corrected chi connectivity index (χ4v) is 4.49. The topological polar surface area (TPSA) is 59.5 Å². The van der Waals surface area contributed by atoms with E-state index in [2.05, 4.69) is 24.3 Å². The second-order valence-electron chi connectivity index (χ2n) is 8.12. The number of carbonyl (C=O) groups is 1. The number of hydrogen-bond acceptors (Lipinski definition) is 4. The SMILES string of the molecule is COc1ccc(C2=NN(C(=O)C[NH+]3CCc4ccccc4C3)[C@@H](c3ccco3)C2)cc1. The molecule has 2 aliphatic rings. The smallest absolute Gasteiger partial charge is 0.298 e. The van der Waals surface area contributed by atoms with Crippen LogP contribution in [0.4, 0.5) is 0 Å². The zero-order valence-corrected chi connectivity index (χ0v) is 17.6. The van der Waals surface area contributed by atoms with Gasteiger partial charge < -0.3 is 14.1 Å². The minimum Gasteiger partial charge on any atom is -0.497 e. The summed E-state index contributed by atoms with van der Waals surface area (Å²) in [4.78, 5) is 14.6. The number of nitrogens with zero attached hydrogens (tertiary/aromatic N) is 2. The molecule has 0 saturated heterocycles. The van der Waals surface area contributed by atoms with Crippen LogP contribution in [-0.4, -0.2) is 36.8 Å². The number of quaternary nitrogens is 1. The Bertz CT molecular complexity index is 1090. The number of amides is 1. The van der Waals surface area contributed by atoms with Crippen molar-refractivity contribution in [3.05, 3.63) is 89.4 Å². The molecule has 0 spiro atoms. The van der Waals surface area contributed by atoms with Crippen LogP contribution in [0.3, 0.4) is 0 Å². The number of rotatable bonds is 5. The Kier molecular flexibility index (Phi) is 5.30. The van der Waals surface area contributed by atoms with Gasteiger partial charge in [0.05, 0.1) is 25.6 Å². The normalized spacial score (nSPS) is 20.3. The van der Waals surface area contributed by atoms with Gasteiger partial charge in [-0.05, 0) is 47.5 Å². The van der Waals surface area contributed by atoms with Crippen LogP contribution in [0.2, 0.25) is 0 Å². The first-order chi connectivity index (χ1) is 15.2. The lowest BCUT2D eigenvalue weighted by atomic mass is 10.00. The van der Waals surface area contributed by atoms with Gasteiger partial charge in [0.1, 0.15) is 24.1 Å². The minimum absolute atomic E-state index is 0.0271. The van der Waals surface area contributed by atoms with E-state index in [1.165, 1.54) is 16.0 Å². The zero-order valence-electron chi connectivity index (χ0n) is 17.6. The van der Waals surface area contributed by atoms with Crippen molar-refractivity contribution in [3.63, 3.8) is 0 Å². The number of carbonyl (C=O) groups excluding carboxylic acids is 1. The monoisotopic (exact) mass is 416 g/mol. The molecular formula is C25H26N3O3+. The molecule has 1 N–H and O–H groups in total. The average molecular weight is 417 g/mol. The van der Waals surface area contributed by atoms with E-state index in [-0.39, 0.29) is 11.9 Å². The van der Waals surface area contributed by atoms with Gasteiger partial charge in [-0.2, -0.15) is 5.10 Å². The predicted molar refractivity (Wildman–Crippen MR) is 117 cm³/mol. The number of hydrogen-bond donors (Lipinski definition) is 1. The lowest BCUT2D eigenvalue weighted by molar-refractivity contribution is -0.908. The van der Waals surface area contributed by atoms with Crippen molar-refractivity contribution < 1.29 is 18.8 Å². The van der Waals surface area contributed by atoms with Crippen molar-refractivity contribution in [2.45, 2.75) is 25.4 Å². The number of nitrogens with one attached hydrogen (secondary N) is 1. The van der Waals surface area contributed by atoms with Gasteiger partial charge in [-0.15, -0.1) is 0 Å². The molecule has 3 aromatic rings. The standard InChI is InChI=1S/C25H25N3O3/c1-30-21-10-8-19(9-11-21)22-15-23(24-7-4-14-31-24)28(26-22)25(29)17-27-13-12-18-5-2-3-6-20(18)16-27/h2-11,14,23H,12-13,15-17H2,1H3/p+1/t23-/m1/s1. The van der Waals surface area contributed by atoms with Gasteiger partial charge in [-0.1, -0.05) is 24.3 Å². The Hall–Kier alpha value is -3.38. The number of ether oxygens (including phenoxy) is 1. The van der Waals surface area contributed by atoms with E-state index in [0.29, 0.717) is 13.0 Å². The first-order valence-corrected chi connectivity index (χ1v) is 10.7. The molecule has 1 aromatic heterocycles. The molecule has 1 amide bonds. The molecule has 0 saturated carbocycles. The number of methoxy groups -OCH3 is 1. The van der Waals surface area contributed by atoms with Crippen molar-refractivity contribution >= 4 is 11.6 Å². The van der Waals surface area contributed by atoms with Crippen molar-refractivity contribution in [1.82, 2.24) is 5.01 Å². The molecule has 2 atom stereocenters. The summed E-state index contributed by atoms with van der Waals surface area (Å²) in [6, 6.07) is 19.9. The highest BCUT2D eigenvalue weighted by atomic mass is 16.5. The van der Waals surface area contributed by atoms with Crippen LogP contribution in [-0.2, 0) is 17.8 Å². The molecule has 2 aliphatic heterocycles. The van der Waals surface area contributed by atoms with E-state index in [0.717, 1.165) is 42.3 Å². The maximum Gasteiger partial charge on any atom is 0.298 e. The molecule has 0 fully saturated rings. The average Bonchev–Trinajstić information content (AvgIpc) is 3.49. The number of hydrazone groups is 1. The molecule has 5 rings (SSSR count). The third kappa shape index (κ3) is 3.99. The fourth-order valence-electron chi connectivity index (χ4n) is 4.49. The van der Waals surface area contributed by atoms with E-state index < -0.39 is 0 Å². The van der Waals surface area contributed by atoms with E-state index in [1.807, 2.05) is 36.4 Å². The molecule has 31 heavy (non-hydrogen) atoms. The van der Waals surface area contributed by atoms with Crippen molar-refractivity contribution in [2.24, 2.45) is 5.10 Å². The third-order valence-electron chi connectivity index (χ3n) is 6.17. The zero-order chi connectivity index (χ0) is 21.2. The van der Waals surface area contributed by atoms with Crippen LogP contribution in [0.25, 0.3) is 0 Å². The van der Waals surface area contributed by atoms with Crippen molar-refractivity contribution in [2.75, 3.05) is 20.2 Å². The van der Waals surface area contributed by atoms with Crippen LogP contribution in [0.5, 0.6) is 5.75 Å². The first kappa shape index (κ1) is 19.6. The van der Waals surface area contributed by atoms with Crippen LogP contribution in [0, 0.1) is 0 Å². The summed E-state index contributed by atoms with van der Waals surface area (Å²) in [5, 5.41) is 6.38. The molecule has 3 heterocycles. The quantitative estimate of drug-likeness (QED) is 0.696. The summed E-state index contributed by atoms with van der Waals surface area (Å²) in [7, 11) is 1.65. The van der Waals surface area contributed by atoms with Crippen LogP contribution in [0.15, 0.2) is 76.4 Å². The largest absolute Gasteiger partial charge is 0.497 e. The van der Waals surface area contributed by atoms with Crippen LogP contribution in [0.1, 0.15) is 34.9 Å². The predicted octanol–water partition coefficient (Wildman–Crippen LogP) is 2.61.